The van der Waals surface area contributed by atoms with Crippen LogP contribution in [0, 0.1) is 0 Å². The molecule has 2 aromatic carbocycles. The van der Waals surface area contributed by atoms with Crippen molar-refractivity contribution in [1.29, 1.82) is 0 Å². The van der Waals surface area contributed by atoms with Crippen LogP contribution in [-0.2, 0) is 6.42 Å². The van der Waals surface area contributed by atoms with E-state index in [-0.39, 0.29) is 17.7 Å². The van der Waals surface area contributed by atoms with Crippen LogP contribution in [0.1, 0.15) is 32.4 Å². The van der Waals surface area contributed by atoms with Crippen LogP contribution >= 0.6 is 11.3 Å². The van der Waals surface area contributed by atoms with E-state index in [1.165, 1.54) is 17.0 Å². The van der Waals surface area contributed by atoms with Crippen molar-refractivity contribution < 1.29 is 18.3 Å². The van der Waals surface area contributed by atoms with E-state index in [0.717, 1.165) is 17.5 Å². The number of hydrogen-bond acceptors (Lipinski definition) is 3. The summed E-state index contributed by atoms with van der Waals surface area (Å²) < 4.78 is 29.5. The molecule has 1 aliphatic heterocycles. The van der Waals surface area contributed by atoms with Crippen molar-refractivity contribution in [3.05, 3.63) is 87.6 Å². The second-order valence-electron chi connectivity index (χ2n) is 6.27. The number of halogens is 2. The number of rotatable bonds is 4. The van der Waals surface area contributed by atoms with E-state index in [9.17, 15) is 13.6 Å². The van der Waals surface area contributed by atoms with Gasteiger partial charge in [0.15, 0.2) is 0 Å². The molecule has 1 atom stereocenters. The molecular formula is C21H17F2NO2S. The number of thiophene rings is 1. The van der Waals surface area contributed by atoms with Gasteiger partial charge in [0.2, 0.25) is 0 Å². The van der Waals surface area contributed by atoms with Crippen molar-refractivity contribution in [2.75, 3.05) is 6.54 Å². The van der Waals surface area contributed by atoms with Crippen molar-refractivity contribution in [3.8, 4) is 5.75 Å². The number of benzene rings is 2. The van der Waals surface area contributed by atoms with Gasteiger partial charge in [0.1, 0.15) is 5.75 Å². The van der Waals surface area contributed by atoms with Gasteiger partial charge in [-0.1, -0.05) is 36.4 Å². The Morgan fingerprint density at radius 1 is 1.11 bits per heavy atom. The fourth-order valence-electron chi connectivity index (χ4n) is 3.50. The van der Waals surface area contributed by atoms with E-state index in [1.54, 1.807) is 23.5 Å². The maximum absolute atomic E-state index is 13.2. The Morgan fingerprint density at radius 3 is 2.70 bits per heavy atom. The van der Waals surface area contributed by atoms with E-state index >= 15 is 0 Å². The lowest BCUT2D eigenvalue weighted by Crippen LogP contribution is -2.40. The predicted molar refractivity (Wildman–Crippen MR) is 100 cm³/mol. The van der Waals surface area contributed by atoms with Crippen molar-refractivity contribution in [2.24, 2.45) is 0 Å². The molecule has 0 saturated heterocycles. The summed E-state index contributed by atoms with van der Waals surface area (Å²) in [6, 6.07) is 17.7. The van der Waals surface area contributed by atoms with Crippen LogP contribution < -0.4 is 4.74 Å². The largest absolute Gasteiger partial charge is 0.435 e. The highest BCUT2D eigenvalue weighted by Gasteiger charge is 2.33. The molecule has 0 aliphatic carbocycles. The van der Waals surface area contributed by atoms with E-state index in [4.69, 9.17) is 0 Å². The third kappa shape index (κ3) is 3.57. The van der Waals surface area contributed by atoms with E-state index in [1.807, 2.05) is 40.6 Å². The smallest absolute Gasteiger partial charge is 0.387 e. The minimum atomic E-state index is -2.92. The van der Waals surface area contributed by atoms with Gasteiger partial charge in [0.05, 0.1) is 6.04 Å². The SMILES string of the molecule is O=C(c1cccc(OC(F)F)c1)N1CCc2sccc2C1c1ccccc1. The maximum atomic E-state index is 13.2. The molecule has 3 aromatic rings. The Bertz CT molecular complexity index is 942. The zero-order chi connectivity index (χ0) is 18.8. The van der Waals surface area contributed by atoms with Gasteiger partial charge in [-0.15, -0.1) is 11.3 Å². The second kappa shape index (κ2) is 7.48. The molecule has 2 heterocycles. The molecule has 1 aliphatic rings. The number of fused-ring (bicyclic) bond motifs is 1. The van der Waals surface area contributed by atoms with Gasteiger partial charge in [0, 0.05) is 17.0 Å². The Balaban J connectivity index is 1.70. The Kier molecular flexibility index (Phi) is 4.90. The first-order valence-electron chi connectivity index (χ1n) is 8.60. The number of amides is 1. The fraction of sp³-hybridized carbons (Fsp3) is 0.190. The summed E-state index contributed by atoms with van der Waals surface area (Å²) in [7, 11) is 0. The molecule has 1 aromatic heterocycles. The first kappa shape index (κ1) is 17.7. The standard InChI is InChI=1S/C21H17F2NO2S/c22-21(23)26-16-8-4-7-15(13-16)20(25)24-11-9-18-17(10-12-27-18)19(24)14-5-2-1-3-6-14/h1-8,10,12-13,19,21H,9,11H2. The van der Waals surface area contributed by atoms with Gasteiger partial charge >= 0.3 is 6.61 Å². The molecular weight excluding hydrogens is 368 g/mol. The number of ether oxygens (including phenoxy) is 1. The fourth-order valence-corrected chi connectivity index (χ4v) is 4.40. The summed E-state index contributed by atoms with van der Waals surface area (Å²) in [4.78, 5) is 16.3. The van der Waals surface area contributed by atoms with Crippen molar-refractivity contribution in [3.63, 3.8) is 0 Å². The molecule has 1 amide bonds. The molecule has 0 fully saturated rings. The van der Waals surface area contributed by atoms with Gasteiger partial charge in [0.25, 0.3) is 5.91 Å². The second-order valence-corrected chi connectivity index (χ2v) is 7.27. The lowest BCUT2D eigenvalue weighted by atomic mass is 9.92. The van der Waals surface area contributed by atoms with Crippen LogP contribution in [0.3, 0.4) is 0 Å². The van der Waals surface area contributed by atoms with Gasteiger partial charge in [-0.05, 0) is 47.2 Å². The average Bonchev–Trinajstić information content (AvgIpc) is 3.16. The van der Waals surface area contributed by atoms with Crippen LogP contribution in [0.25, 0.3) is 0 Å². The topological polar surface area (TPSA) is 29.5 Å². The monoisotopic (exact) mass is 385 g/mol. The third-order valence-electron chi connectivity index (χ3n) is 4.65. The molecule has 138 valence electrons. The predicted octanol–water partition coefficient (Wildman–Crippen LogP) is 5.14. The Morgan fingerprint density at radius 2 is 1.93 bits per heavy atom. The molecule has 27 heavy (non-hydrogen) atoms. The lowest BCUT2D eigenvalue weighted by molar-refractivity contribution is -0.0499. The Labute approximate surface area is 159 Å². The third-order valence-corrected chi connectivity index (χ3v) is 5.64. The number of alkyl halides is 2. The molecule has 3 nitrogen and oxygen atoms in total. The first-order chi connectivity index (χ1) is 13.1. The molecule has 0 saturated carbocycles. The summed E-state index contributed by atoms with van der Waals surface area (Å²) in [5, 5.41) is 2.05. The molecule has 0 bridgehead atoms. The highest BCUT2D eigenvalue weighted by Crippen LogP contribution is 2.38. The summed E-state index contributed by atoms with van der Waals surface area (Å²) in [5.41, 5.74) is 2.50. The zero-order valence-corrected chi connectivity index (χ0v) is 15.2. The van der Waals surface area contributed by atoms with Crippen LogP contribution in [0.2, 0.25) is 0 Å². The van der Waals surface area contributed by atoms with Gasteiger partial charge in [-0.25, -0.2) is 0 Å². The summed E-state index contributed by atoms with van der Waals surface area (Å²) in [6.07, 6.45) is 0.787. The number of nitrogens with zero attached hydrogens (tertiary/aromatic N) is 1. The minimum Gasteiger partial charge on any atom is -0.435 e. The molecule has 0 radical (unpaired) electrons. The van der Waals surface area contributed by atoms with Gasteiger partial charge in [-0.3, -0.25) is 4.79 Å². The number of hydrogen-bond donors (Lipinski definition) is 0. The minimum absolute atomic E-state index is 0.0136. The lowest BCUT2D eigenvalue weighted by Gasteiger charge is -2.36. The highest BCUT2D eigenvalue weighted by molar-refractivity contribution is 7.10. The van der Waals surface area contributed by atoms with Crippen LogP contribution in [0.15, 0.2) is 66.0 Å². The normalized spacial score (nSPS) is 16.3. The van der Waals surface area contributed by atoms with E-state index < -0.39 is 6.61 Å². The summed E-state index contributed by atoms with van der Waals surface area (Å²) >= 11 is 1.70. The van der Waals surface area contributed by atoms with Crippen LogP contribution in [0.4, 0.5) is 8.78 Å². The van der Waals surface area contributed by atoms with Crippen LogP contribution in [-0.4, -0.2) is 24.0 Å². The van der Waals surface area contributed by atoms with Crippen molar-refractivity contribution in [2.45, 2.75) is 19.1 Å². The quantitative estimate of drug-likeness (QED) is 0.623. The van der Waals surface area contributed by atoms with Gasteiger partial charge < -0.3 is 9.64 Å². The van der Waals surface area contributed by atoms with Crippen molar-refractivity contribution >= 4 is 17.2 Å². The highest BCUT2D eigenvalue weighted by atomic mass is 32.1. The number of carbonyl (C=O) groups excluding carboxylic acids is 1. The summed E-state index contributed by atoms with van der Waals surface area (Å²) in [6.45, 7) is -2.35. The van der Waals surface area contributed by atoms with E-state index in [2.05, 4.69) is 10.8 Å². The van der Waals surface area contributed by atoms with Crippen LogP contribution in [0.5, 0.6) is 5.75 Å². The Hall–Kier alpha value is -2.73. The zero-order valence-electron chi connectivity index (χ0n) is 14.3. The molecule has 6 heteroatoms. The van der Waals surface area contributed by atoms with Crippen molar-refractivity contribution in [1.82, 2.24) is 4.90 Å². The molecule has 0 spiro atoms. The van der Waals surface area contributed by atoms with E-state index in [0.29, 0.717) is 12.1 Å². The molecule has 4 rings (SSSR count). The maximum Gasteiger partial charge on any atom is 0.387 e. The van der Waals surface area contributed by atoms with Gasteiger partial charge in [-0.2, -0.15) is 8.78 Å². The number of carbonyl (C=O) groups is 1. The first-order valence-corrected chi connectivity index (χ1v) is 9.48. The summed E-state index contributed by atoms with van der Waals surface area (Å²) in [5.74, 6) is -0.208. The average molecular weight is 385 g/mol. The molecule has 0 N–H and O–H groups in total. The molecule has 1 unspecified atom stereocenters.